The van der Waals surface area contributed by atoms with Gasteiger partial charge in [0.1, 0.15) is 11.4 Å². The molecule has 0 saturated heterocycles. The van der Waals surface area contributed by atoms with Crippen molar-refractivity contribution in [3.8, 4) is 0 Å². The van der Waals surface area contributed by atoms with Crippen molar-refractivity contribution < 1.29 is 31.8 Å². The quantitative estimate of drug-likeness (QED) is 0.0707. The molecule has 0 bridgehead atoms. The fourth-order valence-corrected chi connectivity index (χ4v) is 5.87. The third-order valence-corrected chi connectivity index (χ3v) is 8.14. The molecule has 6 nitrogen and oxygen atoms in total. The highest BCUT2D eigenvalue weighted by molar-refractivity contribution is 8.00. The average molecular weight is 613 g/mol. The van der Waals surface area contributed by atoms with E-state index in [0.717, 1.165) is 17.0 Å². The topological polar surface area (TPSA) is 88.1 Å². The van der Waals surface area contributed by atoms with Crippen LogP contribution in [-0.2, 0) is 4.79 Å². The van der Waals surface area contributed by atoms with Crippen molar-refractivity contribution in [1.29, 1.82) is 10.9 Å². The molecule has 0 unspecified atom stereocenters. The first-order chi connectivity index (χ1) is 18.0. The van der Waals surface area contributed by atoms with Crippen molar-refractivity contribution >= 4 is 52.9 Å². The number of alkyl halides is 3. The number of hydrogen-bond acceptors (Lipinski definition) is 5. The Hall–Kier alpha value is -1.98. The van der Waals surface area contributed by atoms with Crippen LogP contribution in [-0.4, -0.2) is 63.3 Å². The number of benzene rings is 1. The van der Waals surface area contributed by atoms with Gasteiger partial charge in [0.2, 0.25) is 0 Å². The predicted molar refractivity (Wildman–Crippen MR) is 146 cm³/mol. The van der Waals surface area contributed by atoms with Gasteiger partial charge in [0.15, 0.2) is 11.8 Å². The molecular weight excluding hydrogens is 579 g/mol. The van der Waals surface area contributed by atoms with Gasteiger partial charge in [0.05, 0.1) is 22.2 Å². The molecule has 216 valence electrons. The van der Waals surface area contributed by atoms with Gasteiger partial charge in [-0.2, -0.15) is 24.9 Å². The minimum Gasteiger partial charge on any atom is -0.330 e. The molecule has 2 rings (SSSR count). The van der Waals surface area contributed by atoms with E-state index in [0.29, 0.717) is 36.3 Å². The van der Waals surface area contributed by atoms with Crippen molar-refractivity contribution in [3.63, 3.8) is 0 Å². The molecule has 39 heavy (non-hydrogen) atoms. The SMILES string of the molecule is CC1CCC([N+](=N)C(=C(C=N)C(=O)N(CCSC(C)(C)C)CC(=O)c2c(Cl)cc(F)cc2Cl)C(F)(F)F)CC1. The lowest BCUT2D eigenvalue weighted by atomic mass is 9.87. The van der Waals surface area contributed by atoms with Crippen molar-refractivity contribution in [2.24, 2.45) is 5.92 Å². The number of carbonyl (C=O) groups excluding carboxylic acids is 2. The van der Waals surface area contributed by atoms with E-state index in [1.165, 1.54) is 11.8 Å². The number of rotatable bonds is 10. The third kappa shape index (κ3) is 9.28. The third-order valence-electron chi connectivity index (χ3n) is 6.29. The van der Waals surface area contributed by atoms with Crippen molar-refractivity contribution in [3.05, 3.63) is 44.8 Å². The van der Waals surface area contributed by atoms with Crippen LogP contribution in [0.3, 0.4) is 0 Å². The maximum absolute atomic E-state index is 14.3. The lowest BCUT2D eigenvalue weighted by Gasteiger charge is -2.26. The van der Waals surface area contributed by atoms with E-state index in [1.54, 1.807) is 0 Å². The van der Waals surface area contributed by atoms with Crippen LogP contribution in [0.25, 0.3) is 0 Å². The summed E-state index contributed by atoms with van der Waals surface area (Å²) in [5.74, 6) is -2.22. The number of nitrogens with zero attached hydrogens (tertiary/aromatic N) is 2. The highest BCUT2D eigenvalue weighted by Crippen LogP contribution is 2.35. The van der Waals surface area contributed by atoms with Crippen LogP contribution in [0.4, 0.5) is 17.6 Å². The van der Waals surface area contributed by atoms with Crippen LogP contribution in [0.2, 0.25) is 10.0 Å². The van der Waals surface area contributed by atoms with Gasteiger partial charge in [-0.05, 0) is 30.9 Å². The molecule has 1 aliphatic rings. The average Bonchev–Trinajstić information content (AvgIpc) is 2.79. The van der Waals surface area contributed by atoms with Gasteiger partial charge < -0.3 is 10.3 Å². The predicted octanol–water partition coefficient (Wildman–Crippen LogP) is 7.76. The van der Waals surface area contributed by atoms with E-state index < -0.39 is 47.5 Å². The highest BCUT2D eigenvalue weighted by atomic mass is 35.5. The minimum atomic E-state index is -5.10. The summed E-state index contributed by atoms with van der Waals surface area (Å²) in [6.45, 7) is 6.89. The van der Waals surface area contributed by atoms with E-state index in [4.69, 9.17) is 34.1 Å². The number of hydrogen-bond donors (Lipinski definition) is 2. The normalized spacial score (nSPS) is 18.8. The van der Waals surface area contributed by atoms with Gasteiger partial charge in [-0.15, -0.1) is 0 Å². The fraction of sp³-hybridized carbons (Fsp3) is 0.577. The van der Waals surface area contributed by atoms with Gasteiger partial charge in [0, 0.05) is 36.1 Å². The van der Waals surface area contributed by atoms with Crippen molar-refractivity contribution in [1.82, 2.24) is 4.90 Å². The second-order valence-corrected chi connectivity index (χ2v) is 13.3. The van der Waals surface area contributed by atoms with E-state index in [1.807, 2.05) is 27.7 Å². The fourth-order valence-electron chi connectivity index (χ4n) is 4.28. The molecule has 0 spiro atoms. The summed E-state index contributed by atoms with van der Waals surface area (Å²) >= 11 is 13.5. The van der Waals surface area contributed by atoms with Crippen LogP contribution in [0.1, 0.15) is 63.7 Å². The van der Waals surface area contributed by atoms with Gasteiger partial charge in [-0.3, -0.25) is 9.59 Å². The van der Waals surface area contributed by atoms with Gasteiger partial charge in [0.25, 0.3) is 5.91 Å². The Morgan fingerprint density at radius 1 is 1.13 bits per heavy atom. The Labute approximate surface area is 240 Å². The van der Waals surface area contributed by atoms with E-state index in [9.17, 15) is 27.2 Å². The highest BCUT2D eigenvalue weighted by Gasteiger charge is 2.51. The number of allylic oxidation sites excluding steroid dienone is 1. The number of ketones is 1. The summed E-state index contributed by atoms with van der Waals surface area (Å²) in [6.07, 6.45) is -2.85. The molecule has 1 aliphatic carbocycles. The summed E-state index contributed by atoms with van der Waals surface area (Å²) in [7, 11) is 0. The summed E-state index contributed by atoms with van der Waals surface area (Å²) in [6, 6.07) is 0.968. The number of halogens is 6. The number of amides is 1. The first-order valence-electron chi connectivity index (χ1n) is 12.4. The van der Waals surface area contributed by atoms with Crippen LogP contribution < -0.4 is 0 Å². The van der Waals surface area contributed by atoms with Crippen LogP contribution in [0, 0.1) is 22.7 Å². The largest absolute Gasteiger partial charge is 0.480 e. The molecule has 1 aromatic rings. The van der Waals surface area contributed by atoms with Crippen LogP contribution in [0.15, 0.2) is 23.4 Å². The Bertz CT molecular complexity index is 1120. The maximum Gasteiger partial charge on any atom is 0.480 e. The molecule has 1 saturated carbocycles. The smallest absolute Gasteiger partial charge is 0.330 e. The van der Waals surface area contributed by atoms with E-state index in [-0.39, 0.29) is 38.9 Å². The Kier molecular flexibility index (Phi) is 11.6. The molecule has 0 heterocycles. The standard InChI is InChI=1S/C26H33Cl2F4N4O2S/c1-15-5-7-17(8-6-15)36(34)23(26(30,31)32)18(13-33)24(38)35(9-10-39-25(2,3)4)14-21(37)22-19(27)11-16(29)12-20(22)28/h11-13,15,17,33-34H,5-10,14H2,1-4H3/q+1. The van der Waals surface area contributed by atoms with Crippen molar-refractivity contribution in [2.45, 2.75) is 70.3 Å². The summed E-state index contributed by atoms with van der Waals surface area (Å²) in [4.78, 5) is 27.6. The zero-order valence-electron chi connectivity index (χ0n) is 22.2. The zero-order valence-corrected chi connectivity index (χ0v) is 24.6. The molecule has 13 heteroatoms. The molecule has 1 fully saturated rings. The molecule has 1 amide bonds. The molecule has 0 atom stereocenters. The van der Waals surface area contributed by atoms with Gasteiger partial charge in [-0.25, -0.2) is 4.39 Å². The molecule has 0 aliphatic heterocycles. The number of carbonyl (C=O) groups is 2. The van der Waals surface area contributed by atoms with E-state index in [2.05, 4.69) is 0 Å². The van der Waals surface area contributed by atoms with Crippen LogP contribution in [0.5, 0.6) is 0 Å². The minimum absolute atomic E-state index is 0.135. The zero-order chi connectivity index (χ0) is 29.7. The summed E-state index contributed by atoms with van der Waals surface area (Å²) < 4.78 is 56.6. The maximum atomic E-state index is 14.3. The molecule has 0 aromatic heterocycles. The summed E-state index contributed by atoms with van der Waals surface area (Å²) in [5, 5.41) is 7.13. The monoisotopic (exact) mass is 611 g/mol. The van der Waals surface area contributed by atoms with E-state index >= 15 is 0 Å². The lowest BCUT2D eigenvalue weighted by molar-refractivity contribution is -0.625. The Morgan fingerprint density at radius 3 is 2.13 bits per heavy atom. The molecule has 0 radical (unpaired) electrons. The Morgan fingerprint density at radius 2 is 1.67 bits per heavy atom. The van der Waals surface area contributed by atoms with Gasteiger partial charge >= 0.3 is 11.9 Å². The number of Topliss-reactive ketones (excluding diaryl/α,β-unsaturated/α-hetero) is 1. The van der Waals surface area contributed by atoms with Gasteiger partial charge in [-0.1, -0.05) is 61.1 Å². The Balaban J connectivity index is 2.52. The first kappa shape index (κ1) is 33.2. The molecule has 2 N–H and O–H groups in total. The van der Waals surface area contributed by atoms with Crippen molar-refractivity contribution in [2.75, 3.05) is 18.8 Å². The molecular formula is C26H33Cl2F4N4O2S+. The lowest BCUT2D eigenvalue weighted by Crippen LogP contribution is -2.42. The number of nitrogens with one attached hydrogen (secondary N) is 2. The molecule has 1 aromatic carbocycles. The first-order valence-corrected chi connectivity index (χ1v) is 14.1. The summed E-state index contributed by atoms with van der Waals surface area (Å²) in [5.41, 5.74) is 5.48. The number of thioether (sulfide) groups is 1. The second-order valence-electron chi connectivity index (χ2n) is 10.5. The second kappa shape index (κ2) is 13.6. The van der Waals surface area contributed by atoms with Crippen LogP contribution >= 0.6 is 35.0 Å².